The van der Waals surface area contributed by atoms with Gasteiger partial charge in [-0.15, -0.1) is 0 Å². The number of nitro groups is 1. The Bertz CT molecular complexity index is 949. The normalized spacial score (nSPS) is 15.2. The van der Waals surface area contributed by atoms with E-state index in [4.69, 9.17) is 4.74 Å². The molecule has 0 bridgehead atoms. The number of hydrogen-bond acceptors (Lipinski definition) is 6. The Labute approximate surface area is 195 Å². The molecule has 1 amide bonds. The molecule has 2 aromatic carbocycles. The molecule has 0 aromatic heterocycles. The number of carbonyl (C=O) groups excluding carboxylic acids is 1. The average Bonchev–Trinajstić information content (AvgIpc) is 3.19. The van der Waals surface area contributed by atoms with E-state index in [1.807, 2.05) is 12.1 Å². The van der Waals surface area contributed by atoms with Crippen molar-refractivity contribution in [2.45, 2.75) is 46.8 Å². The minimum Gasteiger partial charge on any atom is -0.488 e. The summed E-state index contributed by atoms with van der Waals surface area (Å²) in [5.41, 5.74) is 2.35. The first-order valence-corrected chi connectivity index (χ1v) is 11.6. The van der Waals surface area contributed by atoms with E-state index in [0.29, 0.717) is 17.2 Å². The zero-order valence-electron chi connectivity index (χ0n) is 19.9. The highest BCUT2D eigenvalue weighted by Gasteiger charge is 2.30. The van der Waals surface area contributed by atoms with Crippen LogP contribution < -0.4 is 10.1 Å². The van der Waals surface area contributed by atoms with Crippen LogP contribution in [0.2, 0.25) is 0 Å². The molecular formula is C25H34N4O4. The van der Waals surface area contributed by atoms with Crippen molar-refractivity contribution in [1.29, 1.82) is 0 Å². The topological polar surface area (TPSA) is 88.0 Å². The maximum absolute atomic E-state index is 13.3. The van der Waals surface area contributed by atoms with Crippen LogP contribution in [0.5, 0.6) is 5.75 Å². The molecule has 0 aliphatic carbocycles. The third kappa shape index (κ3) is 6.30. The Morgan fingerprint density at radius 3 is 2.30 bits per heavy atom. The minimum absolute atomic E-state index is 0.0397. The number of para-hydroxylation sites is 1. The van der Waals surface area contributed by atoms with Gasteiger partial charge in [-0.05, 0) is 41.7 Å². The van der Waals surface area contributed by atoms with Crippen molar-refractivity contribution in [2.75, 3.05) is 26.2 Å². The molecule has 178 valence electrons. The summed E-state index contributed by atoms with van der Waals surface area (Å²) in [5.74, 6) is 0.842. The Hall–Kier alpha value is -2.97. The number of rotatable bonds is 10. The number of hydrogen-bond donors (Lipinski definition) is 1. The van der Waals surface area contributed by atoms with E-state index in [2.05, 4.69) is 43.0 Å². The molecule has 33 heavy (non-hydrogen) atoms. The first-order chi connectivity index (χ1) is 15.8. The second-order valence-electron chi connectivity index (χ2n) is 8.78. The fraction of sp³-hybridized carbons (Fsp3) is 0.480. The standard InChI is InChI=1S/C25H34N4O4/c1-5-27-15-21(16-28(27)6-2)26-25(30)23-9-7-8-20(14-18(3)4)24(23)33-17-19-10-12-22(13-11-19)29(31)32/h7-13,18,21H,5-6,14-17H2,1-4H3,(H,26,30). The number of ether oxygens (including phenoxy) is 1. The largest absolute Gasteiger partial charge is 0.488 e. The summed E-state index contributed by atoms with van der Waals surface area (Å²) in [5, 5.41) is 18.6. The molecule has 0 unspecified atom stereocenters. The Kier molecular flexibility index (Phi) is 8.41. The minimum atomic E-state index is -0.423. The molecule has 1 aliphatic rings. The van der Waals surface area contributed by atoms with E-state index in [1.165, 1.54) is 12.1 Å². The lowest BCUT2D eigenvalue weighted by molar-refractivity contribution is -0.384. The molecule has 1 N–H and O–H groups in total. The molecule has 8 heteroatoms. The number of amides is 1. The van der Waals surface area contributed by atoms with Crippen LogP contribution >= 0.6 is 0 Å². The molecule has 1 fully saturated rings. The number of nitrogens with zero attached hydrogens (tertiary/aromatic N) is 3. The highest BCUT2D eigenvalue weighted by Crippen LogP contribution is 2.28. The van der Waals surface area contributed by atoms with Crippen molar-refractivity contribution in [2.24, 2.45) is 5.92 Å². The summed E-state index contributed by atoms with van der Waals surface area (Å²) in [4.78, 5) is 23.8. The van der Waals surface area contributed by atoms with Gasteiger partial charge >= 0.3 is 0 Å². The molecule has 8 nitrogen and oxygen atoms in total. The number of carbonyl (C=O) groups is 1. The van der Waals surface area contributed by atoms with Gasteiger partial charge in [0.1, 0.15) is 12.4 Å². The molecule has 1 aliphatic heterocycles. The van der Waals surface area contributed by atoms with E-state index in [1.54, 1.807) is 18.2 Å². The Balaban J connectivity index is 1.79. The summed E-state index contributed by atoms with van der Waals surface area (Å²) in [6.07, 6.45) is 0.785. The summed E-state index contributed by atoms with van der Waals surface area (Å²) in [7, 11) is 0. The molecule has 0 spiro atoms. The van der Waals surface area contributed by atoms with Gasteiger partial charge in [0.25, 0.3) is 11.6 Å². The van der Waals surface area contributed by atoms with Crippen molar-refractivity contribution >= 4 is 11.6 Å². The van der Waals surface area contributed by atoms with Gasteiger partial charge in [0.2, 0.25) is 0 Å². The summed E-state index contributed by atoms with van der Waals surface area (Å²) in [6, 6.07) is 12.0. The highest BCUT2D eigenvalue weighted by molar-refractivity contribution is 5.97. The number of non-ortho nitro benzene ring substituents is 1. The van der Waals surface area contributed by atoms with Crippen LogP contribution in [-0.2, 0) is 13.0 Å². The fourth-order valence-electron chi connectivity index (χ4n) is 4.21. The van der Waals surface area contributed by atoms with Gasteiger partial charge in [-0.1, -0.05) is 39.8 Å². The van der Waals surface area contributed by atoms with Crippen LogP contribution in [0.3, 0.4) is 0 Å². The number of likely N-dealkylation sites (N-methyl/N-ethyl adjacent to an activating group) is 2. The van der Waals surface area contributed by atoms with Gasteiger partial charge in [-0.2, -0.15) is 0 Å². The molecular weight excluding hydrogens is 420 g/mol. The van der Waals surface area contributed by atoms with Gasteiger partial charge in [-0.3, -0.25) is 14.9 Å². The summed E-state index contributed by atoms with van der Waals surface area (Å²) in [6.45, 7) is 12.1. The molecule has 0 saturated carbocycles. The zero-order valence-corrected chi connectivity index (χ0v) is 19.9. The maximum atomic E-state index is 13.3. The van der Waals surface area contributed by atoms with Crippen LogP contribution in [-0.4, -0.2) is 53.1 Å². The van der Waals surface area contributed by atoms with Gasteiger partial charge < -0.3 is 10.1 Å². The van der Waals surface area contributed by atoms with Gasteiger partial charge in [0, 0.05) is 38.3 Å². The molecule has 3 rings (SSSR count). The lowest BCUT2D eigenvalue weighted by Crippen LogP contribution is -2.38. The molecule has 1 heterocycles. The number of hydrazine groups is 1. The molecule has 0 atom stereocenters. The van der Waals surface area contributed by atoms with Crippen LogP contribution in [0, 0.1) is 16.0 Å². The van der Waals surface area contributed by atoms with Crippen LogP contribution in [0.4, 0.5) is 5.69 Å². The lowest BCUT2D eigenvalue weighted by atomic mass is 9.99. The van der Waals surface area contributed by atoms with Crippen LogP contribution in [0.15, 0.2) is 42.5 Å². The third-order valence-electron chi connectivity index (χ3n) is 5.83. The quantitative estimate of drug-likeness (QED) is 0.431. The number of benzene rings is 2. The number of nitro benzene ring substituents is 1. The first-order valence-electron chi connectivity index (χ1n) is 11.6. The molecule has 1 saturated heterocycles. The smallest absolute Gasteiger partial charge is 0.269 e. The fourth-order valence-corrected chi connectivity index (χ4v) is 4.21. The van der Waals surface area contributed by atoms with Crippen LogP contribution in [0.25, 0.3) is 0 Å². The predicted octanol–water partition coefficient (Wildman–Crippen LogP) is 4.04. The molecule has 2 aromatic rings. The maximum Gasteiger partial charge on any atom is 0.269 e. The molecule has 0 radical (unpaired) electrons. The zero-order chi connectivity index (χ0) is 24.0. The predicted molar refractivity (Wildman–Crippen MR) is 128 cm³/mol. The number of nitrogens with one attached hydrogen (secondary N) is 1. The monoisotopic (exact) mass is 454 g/mol. The van der Waals surface area contributed by atoms with Crippen molar-refractivity contribution < 1.29 is 14.5 Å². The van der Waals surface area contributed by atoms with Gasteiger partial charge in [0.15, 0.2) is 0 Å². The summed E-state index contributed by atoms with van der Waals surface area (Å²) >= 11 is 0. The van der Waals surface area contributed by atoms with E-state index in [9.17, 15) is 14.9 Å². The van der Waals surface area contributed by atoms with Gasteiger partial charge in [0.05, 0.1) is 16.5 Å². The van der Waals surface area contributed by atoms with Crippen molar-refractivity contribution in [3.63, 3.8) is 0 Å². The van der Waals surface area contributed by atoms with Crippen molar-refractivity contribution in [3.05, 3.63) is 69.3 Å². The van der Waals surface area contributed by atoms with E-state index in [-0.39, 0.29) is 24.2 Å². The van der Waals surface area contributed by atoms with E-state index < -0.39 is 4.92 Å². The lowest BCUT2D eigenvalue weighted by Gasteiger charge is -2.24. The van der Waals surface area contributed by atoms with E-state index in [0.717, 1.165) is 43.7 Å². The van der Waals surface area contributed by atoms with Crippen LogP contribution in [0.1, 0.15) is 49.2 Å². The van der Waals surface area contributed by atoms with Crippen molar-refractivity contribution in [1.82, 2.24) is 15.3 Å². The Morgan fingerprint density at radius 2 is 1.76 bits per heavy atom. The third-order valence-corrected chi connectivity index (χ3v) is 5.83. The highest BCUT2D eigenvalue weighted by atomic mass is 16.6. The average molecular weight is 455 g/mol. The summed E-state index contributed by atoms with van der Waals surface area (Å²) < 4.78 is 6.17. The Morgan fingerprint density at radius 1 is 1.12 bits per heavy atom. The second kappa shape index (κ2) is 11.2. The SMILES string of the molecule is CCN1CC(NC(=O)c2cccc(CC(C)C)c2OCc2ccc([N+](=O)[O-])cc2)CN1CC. The first kappa shape index (κ1) is 24.7. The second-order valence-corrected chi connectivity index (χ2v) is 8.78. The van der Waals surface area contributed by atoms with E-state index >= 15 is 0 Å². The van der Waals surface area contributed by atoms with Gasteiger partial charge in [-0.25, -0.2) is 10.0 Å². The van der Waals surface area contributed by atoms with Crippen molar-refractivity contribution in [3.8, 4) is 5.75 Å².